The van der Waals surface area contributed by atoms with Gasteiger partial charge in [0.15, 0.2) is 0 Å². The topological polar surface area (TPSA) is 75.3 Å². The quantitative estimate of drug-likeness (QED) is 0.700. The second-order valence-electron chi connectivity index (χ2n) is 7.03. The van der Waals surface area contributed by atoms with Crippen molar-refractivity contribution in [1.29, 1.82) is 0 Å². The molecule has 0 aliphatic heterocycles. The number of carbonyl (C=O) groups excluding carboxylic acids is 1. The largest absolute Gasteiger partial charge is 0.274 e. The fourth-order valence-corrected chi connectivity index (χ4v) is 4.96. The maximum atomic E-state index is 14.5. The average Bonchev–Trinajstić information content (AvgIpc) is 2.69. The fraction of sp³-hybridized carbons (Fsp3) is 0.350. The van der Waals surface area contributed by atoms with Gasteiger partial charge >= 0.3 is 0 Å². The Bertz CT molecular complexity index is 989. The number of benzene rings is 2. The molecule has 2 N–H and O–H groups in total. The number of nitrogens with one attached hydrogen (secondary N) is 2. The molecule has 0 heterocycles. The van der Waals surface area contributed by atoms with Gasteiger partial charge in [0.05, 0.1) is 10.8 Å². The number of hydrogen-bond acceptors (Lipinski definition) is 3. The lowest BCUT2D eigenvalue weighted by Crippen LogP contribution is -2.46. The summed E-state index contributed by atoms with van der Waals surface area (Å²) in [6.07, 6.45) is 3.81. The van der Waals surface area contributed by atoms with Gasteiger partial charge in [-0.25, -0.2) is 12.8 Å². The molecule has 1 amide bonds. The third-order valence-electron chi connectivity index (χ3n) is 4.95. The number of halogens is 2. The minimum atomic E-state index is -3.70. The molecule has 28 heavy (non-hydrogen) atoms. The second kappa shape index (κ2) is 8.59. The van der Waals surface area contributed by atoms with E-state index in [2.05, 4.69) is 10.3 Å². The summed E-state index contributed by atoms with van der Waals surface area (Å²) in [5, 5.41) is -0.0170. The Morgan fingerprint density at radius 3 is 2.50 bits per heavy atom. The van der Waals surface area contributed by atoms with E-state index in [1.165, 1.54) is 6.07 Å². The highest BCUT2D eigenvalue weighted by Crippen LogP contribution is 2.27. The molecule has 0 radical (unpaired) electrons. The first-order chi connectivity index (χ1) is 13.3. The van der Waals surface area contributed by atoms with E-state index >= 15 is 0 Å². The Morgan fingerprint density at radius 2 is 1.82 bits per heavy atom. The molecule has 3 rings (SSSR count). The summed E-state index contributed by atoms with van der Waals surface area (Å²) in [6.45, 7) is 1.55. The van der Waals surface area contributed by atoms with Crippen LogP contribution in [-0.2, 0) is 10.0 Å². The van der Waals surface area contributed by atoms with Gasteiger partial charge in [-0.3, -0.25) is 10.2 Å². The zero-order chi connectivity index (χ0) is 20.3. The molecule has 0 atom stereocenters. The molecule has 0 spiro atoms. The summed E-state index contributed by atoms with van der Waals surface area (Å²) in [5.41, 5.74) is 3.53. The maximum absolute atomic E-state index is 14.5. The van der Waals surface area contributed by atoms with Crippen LogP contribution >= 0.6 is 11.6 Å². The van der Waals surface area contributed by atoms with E-state index in [1.54, 1.807) is 37.3 Å². The number of hydrazine groups is 1. The molecule has 1 aliphatic rings. The highest BCUT2D eigenvalue weighted by molar-refractivity contribution is 7.90. The summed E-state index contributed by atoms with van der Waals surface area (Å²) in [5.74, 6) is -1.54. The highest BCUT2D eigenvalue weighted by Gasteiger charge is 2.28. The Balaban J connectivity index is 1.81. The van der Waals surface area contributed by atoms with Crippen LogP contribution in [0.25, 0.3) is 11.1 Å². The standard InChI is InChI=1S/C20H22ClFN2O3S/c1-13-10-15(14-6-5-7-16(21)11-14)12-18(19(13)22)20(25)23-24-28(26,27)17-8-3-2-4-9-17/h5-7,10-12,17,24H,2-4,8-9H2,1H3,(H,23,25). The predicted molar refractivity (Wildman–Crippen MR) is 108 cm³/mol. The number of rotatable bonds is 5. The highest BCUT2D eigenvalue weighted by atomic mass is 35.5. The lowest BCUT2D eigenvalue weighted by Gasteiger charge is -2.22. The second-order valence-corrected chi connectivity index (χ2v) is 9.42. The van der Waals surface area contributed by atoms with Gasteiger partial charge in [-0.05, 0) is 60.7 Å². The van der Waals surface area contributed by atoms with Crippen molar-refractivity contribution in [2.75, 3.05) is 0 Å². The maximum Gasteiger partial charge on any atom is 0.269 e. The van der Waals surface area contributed by atoms with E-state index in [0.717, 1.165) is 24.8 Å². The molecule has 1 aliphatic carbocycles. The normalized spacial score (nSPS) is 15.4. The molecule has 5 nitrogen and oxygen atoms in total. The number of hydrogen-bond donors (Lipinski definition) is 2. The van der Waals surface area contributed by atoms with Crippen LogP contribution in [0.15, 0.2) is 36.4 Å². The molecule has 8 heteroatoms. The first-order valence-electron chi connectivity index (χ1n) is 9.15. The summed E-state index contributed by atoms with van der Waals surface area (Å²) in [7, 11) is -3.70. The van der Waals surface area contributed by atoms with E-state index in [4.69, 9.17) is 11.6 Å². The van der Waals surface area contributed by atoms with Crippen molar-refractivity contribution in [3.05, 3.63) is 58.4 Å². The predicted octanol–water partition coefficient (Wildman–Crippen LogP) is 4.35. The van der Waals surface area contributed by atoms with Crippen molar-refractivity contribution in [2.24, 2.45) is 0 Å². The van der Waals surface area contributed by atoms with Crippen LogP contribution in [0.5, 0.6) is 0 Å². The Hall–Kier alpha value is -1.96. The van der Waals surface area contributed by atoms with Gasteiger partial charge in [0.1, 0.15) is 5.82 Å². The van der Waals surface area contributed by atoms with Gasteiger partial charge in [0.2, 0.25) is 10.0 Å². The van der Waals surface area contributed by atoms with Crippen LogP contribution in [-0.4, -0.2) is 19.6 Å². The van der Waals surface area contributed by atoms with E-state index in [-0.39, 0.29) is 11.1 Å². The summed E-state index contributed by atoms with van der Waals surface area (Å²) < 4.78 is 39.3. The van der Waals surface area contributed by atoms with Crippen LogP contribution < -0.4 is 10.3 Å². The lowest BCUT2D eigenvalue weighted by molar-refractivity contribution is 0.0940. The van der Waals surface area contributed by atoms with Crippen LogP contribution in [0, 0.1) is 12.7 Å². The van der Waals surface area contributed by atoms with Crippen LogP contribution in [0.3, 0.4) is 0 Å². The van der Waals surface area contributed by atoms with Crippen molar-refractivity contribution < 1.29 is 17.6 Å². The molecule has 0 bridgehead atoms. The summed E-state index contributed by atoms with van der Waals surface area (Å²) >= 11 is 6.01. The number of carbonyl (C=O) groups is 1. The van der Waals surface area contributed by atoms with Gasteiger partial charge in [-0.15, -0.1) is 4.83 Å². The SMILES string of the molecule is Cc1cc(-c2cccc(Cl)c2)cc(C(=O)NNS(=O)(=O)C2CCCCC2)c1F. The van der Waals surface area contributed by atoms with Crippen LogP contribution in [0.2, 0.25) is 5.02 Å². The third kappa shape index (κ3) is 4.71. The van der Waals surface area contributed by atoms with Gasteiger partial charge in [0, 0.05) is 5.02 Å². The third-order valence-corrected chi connectivity index (χ3v) is 6.93. The molecule has 150 valence electrons. The van der Waals surface area contributed by atoms with Crippen molar-refractivity contribution >= 4 is 27.5 Å². The zero-order valence-electron chi connectivity index (χ0n) is 15.5. The smallest absolute Gasteiger partial charge is 0.269 e. The average molecular weight is 425 g/mol. The summed E-state index contributed by atoms with van der Waals surface area (Å²) in [4.78, 5) is 14.6. The van der Waals surface area contributed by atoms with Crippen LogP contribution in [0.4, 0.5) is 4.39 Å². The van der Waals surface area contributed by atoms with Crippen molar-refractivity contribution in [3.63, 3.8) is 0 Å². The molecule has 0 aromatic heterocycles. The number of amides is 1. The minimum Gasteiger partial charge on any atom is -0.274 e. The first kappa shape index (κ1) is 20.8. The Labute approximate surface area is 169 Å². The van der Waals surface area contributed by atoms with Gasteiger partial charge in [-0.1, -0.05) is 43.0 Å². The van der Waals surface area contributed by atoms with E-state index in [9.17, 15) is 17.6 Å². The van der Waals surface area contributed by atoms with Gasteiger partial charge in [0.25, 0.3) is 5.91 Å². The molecular formula is C20H22ClFN2O3S. The molecule has 0 unspecified atom stereocenters. The number of aryl methyl sites for hydroxylation is 1. The molecule has 1 fully saturated rings. The van der Waals surface area contributed by atoms with Gasteiger partial charge < -0.3 is 0 Å². The minimum absolute atomic E-state index is 0.235. The molecule has 2 aromatic rings. The van der Waals surface area contributed by atoms with Crippen molar-refractivity contribution in [3.8, 4) is 11.1 Å². The zero-order valence-corrected chi connectivity index (χ0v) is 17.0. The lowest BCUT2D eigenvalue weighted by atomic mass is 9.99. The monoisotopic (exact) mass is 424 g/mol. The molecule has 2 aromatic carbocycles. The van der Waals surface area contributed by atoms with Gasteiger partial charge in [-0.2, -0.15) is 0 Å². The van der Waals surface area contributed by atoms with Crippen molar-refractivity contribution in [1.82, 2.24) is 10.3 Å². The number of sulfonamides is 1. The Kier molecular flexibility index (Phi) is 6.37. The first-order valence-corrected chi connectivity index (χ1v) is 11.1. The molecule has 1 saturated carbocycles. The van der Waals surface area contributed by atoms with E-state index in [1.807, 2.05) is 0 Å². The fourth-order valence-electron chi connectivity index (χ4n) is 3.41. The molecule has 0 saturated heterocycles. The van der Waals surface area contributed by atoms with E-state index in [0.29, 0.717) is 23.4 Å². The van der Waals surface area contributed by atoms with Crippen LogP contribution in [0.1, 0.15) is 48.0 Å². The molecular weight excluding hydrogens is 403 g/mol. The Morgan fingerprint density at radius 1 is 1.11 bits per heavy atom. The van der Waals surface area contributed by atoms with E-state index < -0.39 is 27.0 Å². The van der Waals surface area contributed by atoms with Crippen molar-refractivity contribution in [2.45, 2.75) is 44.3 Å². The summed E-state index contributed by atoms with van der Waals surface area (Å²) in [6, 6.07) is 9.99.